The van der Waals surface area contributed by atoms with Crippen molar-refractivity contribution >= 4 is 51.2 Å². The molecule has 41 heavy (non-hydrogen) atoms. The van der Waals surface area contributed by atoms with Gasteiger partial charge in [0.25, 0.3) is 0 Å². The summed E-state index contributed by atoms with van der Waals surface area (Å²) in [6.45, 7) is 2.03. The third kappa shape index (κ3) is 4.74. The molecule has 2 fully saturated rings. The van der Waals surface area contributed by atoms with E-state index in [0.29, 0.717) is 56.4 Å². The van der Waals surface area contributed by atoms with E-state index in [1.54, 1.807) is 12.1 Å². The van der Waals surface area contributed by atoms with E-state index in [9.17, 15) is 9.65 Å². The maximum Gasteiger partial charge on any atom is 0.141 e. The highest BCUT2D eigenvalue weighted by molar-refractivity contribution is 6.36. The van der Waals surface area contributed by atoms with Crippen molar-refractivity contribution in [1.29, 1.82) is 5.26 Å². The highest BCUT2D eigenvalue weighted by Gasteiger charge is 2.55. The van der Waals surface area contributed by atoms with Crippen molar-refractivity contribution in [3.05, 3.63) is 106 Å². The van der Waals surface area contributed by atoms with Crippen molar-refractivity contribution < 1.29 is 4.39 Å². The molecule has 3 aromatic carbocycles. The number of nitriles is 1. The first-order chi connectivity index (χ1) is 20.0. The van der Waals surface area contributed by atoms with E-state index in [-0.39, 0.29) is 11.1 Å². The van der Waals surface area contributed by atoms with E-state index in [0.717, 1.165) is 24.3 Å². The normalized spacial score (nSPS) is 19.9. The largest absolute Gasteiger partial charge is 0.373 e. The number of nitrogens with one attached hydrogen (secondary N) is 3. The van der Waals surface area contributed by atoms with Gasteiger partial charge in [-0.25, -0.2) is 9.07 Å². The lowest BCUT2D eigenvalue weighted by Crippen LogP contribution is -2.17. The predicted molar refractivity (Wildman–Crippen MR) is 157 cm³/mol. The number of anilines is 3. The van der Waals surface area contributed by atoms with Gasteiger partial charge in [-0.3, -0.25) is 4.98 Å². The zero-order valence-corrected chi connectivity index (χ0v) is 23.0. The van der Waals surface area contributed by atoms with Gasteiger partial charge >= 0.3 is 0 Å². The van der Waals surface area contributed by atoms with Gasteiger partial charge in [0.1, 0.15) is 17.6 Å². The molecule has 5 aromatic rings. The number of benzene rings is 3. The average Bonchev–Trinajstić information content (AvgIpc) is 3.31. The topological polar surface area (TPSA) is 103 Å². The minimum absolute atomic E-state index is 0.0305. The molecular formula is C30H23Cl2FN8. The van der Waals surface area contributed by atoms with Crippen molar-refractivity contribution in [3.8, 4) is 6.07 Å². The van der Waals surface area contributed by atoms with Gasteiger partial charge < -0.3 is 16.0 Å². The summed E-state index contributed by atoms with van der Waals surface area (Å²) in [6, 6.07) is 20.2. The van der Waals surface area contributed by atoms with Gasteiger partial charge in [0.05, 0.1) is 45.1 Å². The van der Waals surface area contributed by atoms with Gasteiger partial charge in [-0.2, -0.15) is 5.26 Å². The third-order valence-electron chi connectivity index (χ3n) is 7.85. The Morgan fingerprint density at radius 3 is 2.56 bits per heavy atom. The maximum atomic E-state index is 13.8. The molecule has 0 amide bonds. The van der Waals surface area contributed by atoms with E-state index in [1.165, 1.54) is 18.3 Å². The molecule has 1 aliphatic heterocycles. The average molecular weight is 585 g/mol. The van der Waals surface area contributed by atoms with Crippen LogP contribution in [0.3, 0.4) is 0 Å². The van der Waals surface area contributed by atoms with Gasteiger partial charge in [0, 0.05) is 47.9 Å². The van der Waals surface area contributed by atoms with Crippen LogP contribution in [0.15, 0.2) is 73.1 Å². The van der Waals surface area contributed by atoms with Crippen LogP contribution in [0.1, 0.15) is 28.9 Å². The van der Waals surface area contributed by atoms with E-state index < -0.39 is 5.82 Å². The first-order valence-corrected chi connectivity index (χ1v) is 13.9. The number of hydrogen-bond acceptors (Lipinski definition) is 7. The molecule has 0 spiro atoms. The van der Waals surface area contributed by atoms with Crippen LogP contribution >= 0.6 is 23.2 Å². The summed E-state index contributed by atoms with van der Waals surface area (Å²) in [5.41, 5.74) is 4.33. The first kappa shape index (κ1) is 25.7. The van der Waals surface area contributed by atoms with Crippen LogP contribution in [0.2, 0.25) is 10.0 Å². The van der Waals surface area contributed by atoms with E-state index >= 15 is 0 Å². The number of piperidine rings is 1. The lowest BCUT2D eigenvalue weighted by molar-refractivity contribution is 0.509. The van der Waals surface area contributed by atoms with Crippen LogP contribution in [-0.2, 0) is 0 Å². The Bertz CT molecular complexity index is 1810. The van der Waals surface area contributed by atoms with Crippen LogP contribution in [0.5, 0.6) is 0 Å². The number of halogens is 3. The lowest BCUT2D eigenvalue weighted by Gasteiger charge is -2.20. The molecule has 204 valence electrons. The molecule has 7 rings (SSSR count). The summed E-state index contributed by atoms with van der Waals surface area (Å²) >= 11 is 12.8. The Morgan fingerprint density at radius 2 is 1.80 bits per heavy atom. The smallest absolute Gasteiger partial charge is 0.141 e. The molecule has 1 saturated carbocycles. The van der Waals surface area contributed by atoms with Gasteiger partial charge in [0.15, 0.2) is 0 Å². The van der Waals surface area contributed by atoms with Crippen molar-refractivity contribution in [3.63, 3.8) is 0 Å². The Kier molecular flexibility index (Phi) is 6.47. The van der Waals surface area contributed by atoms with Gasteiger partial charge in [-0.1, -0.05) is 58.7 Å². The number of fused-ring (bicyclic) bond motifs is 2. The summed E-state index contributed by atoms with van der Waals surface area (Å²) in [6.07, 6.45) is 3.49. The van der Waals surface area contributed by atoms with Crippen LogP contribution in [0.25, 0.3) is 10.9 Å². The zero-order valence-electron chi connectivity index (χ0n) is 21.5. The maximum absolute atomic E-state index is 13.8. The molecule has 1 aliphatic carbocycles. The zero-order chi connectivity index (χ0) is 28.1. The SMILES string of the molecule is N#Cc1cnc2c(Cl)cc(NC(c3ccccc3)c3cn(C4C5CNCC54)nn3)cc2c1Nc1ccc(F)c(Cl)c1. The molecular weight excluding hydrogens is 562 g/mol. The fourth-order valence-electron chi connectivity index (χ4n) is 5.77. The minimum atomic E-state index is -0.530. The van der Waals surface area contributed by atoms with Gasteiger partial charge in [-0.05, 0) is 35.9 Å². The number of nitrogens with zero attached hydrogens (tertiary/aromatic N) is 5. The van der Waals surface area contributed by atoms with Crippen molar-refractivity contribution in [2.24, 2.45) is 11.8 Å². The molecule has 2 aliphatic rings. The molecule has 3 atom stereocenters. The summed E-state index contributed by atoms with van der Waals surface area (Å²) < 4.78 is 15.8. The Balaban J connectivity index is 1.28. The Labute approximate surface area is 245 Å². The standard InChI is InChI=1S/C30H23Cl2FN8/c31-23-9-18(6-7-25(23)33)37-27-17(11-34)12-36-29-20(27)8-19(10-24(29)32)38-28(16-4-2-1-3-5-16)26-15-41(40-39-26)30-21-13-35-14-22(21)30/h1-10,12,15,21-22,28,30,35,38H,13-14H2,(H,36,37). The van der Waals surface area contributed by atoms with Crippen LogP contribution in [0.4, 0.5) is 21.5 Å². The molecule has 8 nitrogen and oxygen atoms in total. The molecule has 0 bridgehead atoms. The summed E-state index contributed by atoms with van der Waals surface area (Å²) in [5, 5.41) is 30.1. The van der Waals surface area contributed by atoms with Crippen molar-refractivity contribution in [2.75, 3.05) is 23.7 Å². The fourth-order valence-corrected chi connectivity index (χ4v) is 6.22. The van der Waals surface area contributed by atoms with Gasteiger partial charge in [-0.15, -0.1) is 5.10 Å². The quantitative estimate of drug-likeness (QED) is 0.201. The molecule has 3 N–H and O–H groups in total. The van der Waals surface area contributed by atoms with E-state index in [4.69, 9.17) is 23.2 Å². The highest BCUT2D eigenvalue weighted by Crippen LogP contribution is 2.52. The predicted octanol–water partition coefficient (Wildman–Crippen LogP) is 6.48. The summed E-state index contributed by atoms with van der Waals surface area (Å²) in [4.78, 5) is 4.44. The molecule has 2 aromatic heterocycles. The molecule has 3 heterocycles. The fraction of sp³-hybridized carbons (Fsp3) is 0.200. The second-order valence-corrected chi connectivity index (χ2v) is 11.2. The van der Waals surface area contributed by atoms with E-state index in [2.05, 4.69) is 37.3 Å². The van der Waals surface area contributed by atoms with Crippen LogP contribution in [0, 0.1) is 29.0 Å². The van der Waals surface area contributed by atoms with Crippen LogP contribution < -0.4 is 16.0 Å². The lowest BCUT2D eigenvalue weighted by atomic mass is 10.0. The first-order valence-electron chi connectivity index (χ1n) is 13.2. The third-order valence-corrected chi connectivity index (χ3v) is 8.43. The Morgan fingerprint density at radius 1 is 1.02 bits per heavy atom. The van der Waals surface area contributed by atoms with Crippen molar-refractivity contribution in [2.45, 2.75) is 12.1 Å². The number of aromatic nitrogens is 4. The summed E-state index contributed by atoms with van der Waals surface area (Å²) in [7, 11) is 0. The van der Waals surface area contributed by atoms with Gasteiger partial charge in [0.2, 0.25) is 0 Å². The molecule has 0 radical (unpaired) electrons. The van der Waals surface area contributed by atoms with Crippen molar-refractivity contribution in [1.82, 2.24) is 25.3 Å². The highest BCUT2D eigenvalue weighted by atomic mass is 35.5. The minimum Gasteiger partial charge on any atom is -0.373 e. The molecule has 11 heteroatoms. The molecule has 3 unspecified atom stereocenters. The molecule has 1 saturated heterocycles. The number of pyridine rings is 1. The second-order valence-electron chi connectivity index (χ2n) is 10.4. The van der Waals surface area contributed by atoms with E-state index in [1.807, 2.05) is 47.3 Å². The summed E-state index contributed by atoms with van der Waals surface area (Å²) in [5.74, 6) is 0.684. The number of rotatable bonds is 7. The second kappa shape index (κ2) is 10.3. The Hall–Kier alpha value is -4.23. The monoisotopic (exact) mass is 584 g/mol. The van der Waals surface area contributed by atoms with Crippen LogP contribution in [-0.4, -0.2) is 33.1 Å². The number of hydrogen-bond donors (Lipinski definition) is 3.